The highest BCUT2D eigenvalue weighted by atomic mass is 16.3. The van der Waals surface area contributed by atoms with Crippen LogP contribution in [0, 0.1) is 5.92 Å². The number of rotatable bonds is 31. The maximum Gasteiger partial charge on any atom is 0.330 e. The number of benzene rings is 3. The Kier molecular flexibility index (Phi) is 25.1. The lowest BCUT2D eigenvalue weighted by Gasteiger charge is -2.34. The number of aromatic hydroxyl groups is 1. The number of nitrogens with two attached hydrogens (primary N) is 3. The molecule has 93 heavy (non-hydrogen) atoms. The Morgan fingerprint density at radius 3 is 1.95 bits per heavy atom. The zero-order valence-electron chi connectivity index (χ0n) is 51.8. The minimum absolute atomic E-state index is 0.0136. The number of carbonyl (C=O) groups is 11. The molecule has 31 nitrogen and oxygen atoms in total. The SMILES string of the molecule is CC(C)C[C@@H](C(=O)N[C@@H](CCCN=C(N)N)C(=O)N1CCC[C@H]1C(=O)NNC(N)=O)N(C)C(=O)[C@@H](Cc1ccccc1)NC(=O)[C@H](Cc1ccc(O)cc1)NC(=O)[C@H](CO)NC(=O)[C@H](Cc1c[nH]c2ccccc12)NC(=O)[C@H](Cc1cnc[nH]1)NC(=O)[C@@H]1CCC(=O)N1. The Labute approximate surface area is 535 Å². The summed E-state index contributed by atoms with van der Waals surface area (Å²) in [5, 5.41) is 40.5. The third kappa shape index (κ3) is 20.2. The highest BCUT2D eigenvalue weighted by Crippen LogP contribution is 2.23. The lowest BCUT2D eigenvalue weighted by atomic mass is 9.98. The molecule has 0 spiro atoms. The number of likely N-dealkylation sites (tertiary alicyclic amines) is 1. The van der Waals surface area contributed by atoms with Gasteiger partial charge in [-0.1, -0.05) is 74.5 Å². The smallest absolute Gasteiger partial charge is 0.330 e. The predicted molar refractivity (Wildman–Crippen MR) is 338 cm³/mol. The highest BCUT2D eigenvalue weighted by Gasteiger charge is 2.41. The first kappa shape index (κ1) is 69.9. The van der Waals surface area contributed by atoms with E-state index in [0.29, 0.717) is 39.7 Å². The van der Waals surface area contributed by atoms with Gasteiger partial charge in [-0.05, 0) is 79.3 Å². The number of aliphatic hydroxyl groups is 1. The number of aromatic amines is 2. The number of hydrogen-bond donors (Lipinski definition) is 16. The van der Waals surface area contributed by atoms with Crippen molar-refractivity contribution in [3.8, 4) is 5.75 Å². The van der Waals surface area contributed by atoms with E-state index in [1.807, 2.05) is 19.3 Å². The molecule has 12 amide bonds. The Hall–Kier alpha value is -10.6. The maximum atomic E-state index is 15.2. The molecule has 2 aromatic heterocycles. The van der Waals surface area contributed by atoms with E-state index in [1.54, 1.807) is 60.8 Å². The average molecular weight is 1290 g/mol. The van der Waals surface area contributed by atoms with Gasteiger partial charge in [0.25, 0.3) is 5.91 Å². The quantitative estimate of drug-likeness (QED) is 0.00957. The second-order valence-corrected chi connectivity index (χ2v) is 23.3. The molecule has 0 saturated carbocycles. The monoisotopic (exact) mass is 1290 g/mol. The summed E-state index contributed by atoms with van der Waals surface area (Å²) in [6, 6.07) is 8.26. The van der Waals surface area contributed by atoms with Crippen LogP contribution in [-0.2, 0) is 73.6 Å². The standard InChI is InChI=1S/C62H82N18O13/c1-34(2)25-50(57(89)71-43(15-9-23-67-61(63)64)60(92)80-24-10-16-49(80)58(90)77-78-62(65)93)79(3)59(91)47(27-35-11-5-4-6-12-35)75-53(85)44(26-36-17-19-39(82)20-18-36)72-56(88)48(32-81)76-54(86)45(28-37-30-68-41-14-8-7-13-40(37)41)73-55(87)46(29-38-31-66-33-69-38)74-52(84)42-21-22-51(83)70-42/h4-8,11-14,17-20,30-31,33-34,42-50,68,81-82H,9-10,15-16,21-29,32H2,1-3H3,(H,66,69)(H,70,83)(H,71,89)(H,72,88)(H,73,87)(H,74,84)(H,75,85)(H,76,86)(H,77,90)(H4,63,64,67)(H3,65,78,93)/t42-,43-,44-,45-,46-,47+,48-,49-,50-/m0/s1. The number of H-pyrrole nitrogens is 2. The molecule has 31 heteroatoms. The first-order valence-electron chi connectivity index (χ1n) is 30.5. The fraction of sp³-hybridized carbons (Fsp3) is 0.435. The van der Waals surface area contributed by atoms with Gasteiger partial charge in [0.1, 0.15) is 60.1 Å². The van der Waals surface area contributed by atoms with Crippen molar-refractivity contribution < 1.29 is 63.0 Å². The summed E-state index contributed by atoms with van der Waals surface area (Å²) < 4.78 is 0. The number of aliphatic hydroxyl groups excluding tert-OH is 1. The van der Waals surface area contributed by atoms with Gasteiger partial charge in [0, 0.05) is 81.2 Å². The van der Waals surface area contributed by atoms with Gasteiger partial charge in [-0.3, -0.25) is 58.4 Å². The van der Waals surface area contributed by atoms with Crippen molar-refractivity contribution in [1.29, 1.82) is 0 Å². The number of hydrogen-bond acceptors (Lipinski definition) is 15. The van der Waals surface area contributed by atoms with Crippen molar-refractivity contribution in [2.24, 2.45) is 28.1 Å². The molecule has 5 aromatic rings. The summed E-state index contributed by atoms with van der Waals surface area (Å²) in [6.45, 7) is 2.79. The Morgan fingerprint density at radius 1 is 0.699 bits per heavy atom. The summed E-state index contributed by atoms with van der Waals surface area (Å²) in [7, 11) is 1.37. The van der Waals surface area contributed by atoms with E-state index < -0.39 is 120 Å². The largest absolute Gasteiger partial charge is 0.508 e. The molecule has 7 rings (SSSR count). The number of imidazole rings is 1. The van der Waals surface area contributed by atoms with Crippen molar-refractivity contribution in [3.63, 3.8) is 0 Å². The fourth-order valence-electron chi connectivity index (χ4n) is 11.1. The molecule has 2 fully saturated rings. The average Bonchev–Trinajstić information content (AvgIpc) is 2.22. The summed E-state index contributed by atoms with van der Waals surface area (Å²) in [5.41, 5.74) is 23.2. The molecular formula is C62H82N18O13. The molecule has 498 valence electrons. The predicted octanol–water partition coefficient (Wildman–Crippen LogP) is -2.34. The normalized spacial score (nSPS) is 16.6. The molecule has 0 bridgehead atoms. The Bertz CT molecular complexity index is 3470. The molecule has 2 aliphatic heterocycles. The number of primary amides is 1. The second-order valence-electron chi connectivity index (χ2n) is 23.3. The third-order valence-electron chi connectivity index (χ3n) is 15.9. The summed E-state index contributed by atoms with van der Waals surface area (Å²) >= 11 is 0. The number of likely N-dealkylation sites (N-methyl/N-ethyl adjacent to an activating group) is 1. The van der Waals surface area contributed by atoms with Gasteiger partial charge in [-0.2, -0.15) is 0 Å². The van der Waals surface area contributed by atoms with Gasteiger partial charge in [-0.25, -0.2) is 15.2 Å². The number of nitrogens with zero attached hydrogens (tertiary/aromatic N) is 4. The van der Waals surface area contributed by atoms with E-state index >= 15 is 9.59 Å². The summed E-state index contributed by atoms with van der Waals surface area (Å²) in [4.78, 5) is 170. The van der Waals surface area contributed by atoms with E-state index in [-0.39, 0.29) is 101 Å². The molecule has 0 radical (unpaired) electrons. The van der Waals surface area contributed by atoms with Crippen molar-refractivity contribution in [3.05, 3.63) is 120 Å². The van der Waals surface area contributed by atoms with Crippen LogP contribution in [0.5, 0.6) is 5.75 Å². The lowest BCUT2D eigenvalue weighted by molar-refractivity contribution is -0.145. The van der Waals surface area contributed by atoms with Crippen molar-refractivity contribution in [2.45, 2.75) is 139 Å². The van der Waals surface area contributed by atoms with Gasteiger partial charge in [-0.15, -0.1) is 0 Å². The van der Waals surface area contributed by atoms with E-state index in [4.69, 9.17) is 17.2 Å². The number of nitrogens with one attached hydrogen (secondary N) is 11. The second kappa shape index (κ2) is 33.5. The van der Waals surface area contributed by atoms with Crippen LogP contribution in [0.25, 0.3) is 10.9 Å². The fourth-order valence-corrected chi connectivity index (χ4v) is 11.1. The van der Waals surface area contributed by atoms with Crippen molar-refractivity contribution >= 4 is 82.0 Å². The van der Waals surface area contributed by atoms with Gasteiger partial charge >= 0.3 is 6.03 Å². The van der Waals surface area contributed by atoms with Crippen LogP contribution in [0.4, 0.5) is 4.79 Å². The molecule has 3 aromatic carbocycles. The topological polar surface area (TPSA) is 478 Å². The van der Waals surface area contributed by atoms with E-state index in [9.17, 15) is 53.4 Å². The number of carbonyl (C=O) groups excluding carboxylic acids is 11. The van der Waals surface area contributed by atoms with Crippen LogP contribution in [0.1, 0.15) is 81.2 Å². The van der Waals surface area contributed by atoms with Crippen LogP contribution in [0.15, 0.2) is 103 Å². The number of amides is 12. The van der Waals surface area contributed by atoms with E-state index in [2.05, 4.69) is 62.6 Å². The molecule has 0 aliphatic carbocycles. The number of hydrazine groups is 1. The number of phenolic OH excluding ortho intramolecular Hbond substituents is 1. The molecule has 19 N–H and O–H groups in total. The number of aliphatic imine (C=N–C) groups is 1. The van der Waals surface area contributed by atoms with Gasteiger partial charge in [0.05, 0.1) is 12.9 Å². The first-order chi connectivity index (χ1) is 44.5. The molecule has 9 atom stereocenters. The number of para-hydroxylation sites is 1. The summed E-state index contributed by atoms with van der Waals surface area (Å²) in [5.74, 6) is -8.21. The van der Waals surface area contributed by atoms with Crippen molar-refractivity contribution in [2.75, 3.05) is 26.7 Å². The van der Waals surface area contributed by atoms with E-state index in [1.165, 1.54) is 48.7 Å². The number of fused-ring (bicyclic) bond motifs is 1. The third-order valence-corrected chi connectivity index (χ3v) is 15.9. The van der Waals surface area contributed by atoms with Crippen LogP contribution in [-0.4, -0.2) is 187 Å². The zero-order valence-corrected chi connectivity index (χ0v) is 51.8. The minimum atomic E-state index is -1.79. The first-order valence-corrected chi connectivity index (χ1v) is 30.5. The van der Waals surface area contributed by atoms with Gasteiger partial charge in [0.2, 0.25) is 53.2 Å². The van der Waals surface area contributed by atoms with Gasteiger partial charge < -0.3 is 84.4 Å². The van der Waals surface area contributed by atoms with Gasteiger partial charge in [0.15, 0.2) is 5.96 Å². The number of urea groups is 1. The number of aromatic nitrogens is 3. The van der Waals surface area contributed by atoms with Crippen LogP contribution >= 0.6 is 0 Å². The lowest BCUT2D eigenvalue weighted by Crippen LogP contribution is -2.62. The van der Waals surface area contributed by atoms with Crippen LogP contribution in [0.2, 0.25) is 0 Å². The Morgan fingerprint density at radius 2 is 1.31 bits per heavy atom. The zero-order chi connectivity index (χ0) is 67.3. The van der Waals surface area contributed by atoms with Crippen LogP contribution < -0.4 is 65.3 Å². The molecule has 4 heterocycles. The molecule has 2 aliphatic rings. The summed E-state index contributed by atoms with van der Waals surface area (Å²) in [6.07, 6.45) is 4.89. The number of phenols is 1. The minimum Gasteiger partial charge on any atom is -0.508 e. The molecule has 0 unspecified atom stereocenters. The van der Waals surface area contributed by atoms with Crippen LogP contribution in [0.3, 0.4) is 0 Å². The van der Waals surface area contributed by atoms with Crippen molar-refractivity contribution in [1.82, 2.24) is 72.8 Å². The molecule has 2 saturated heterocycles. The Balaban J connectivity index is 1.14. The molecular weight excluding hydrogens is 1200 g/mol. The number of guanidine groups is 1. The highest BCUT2D eigenvalue weighted by molar-refractivity contribution is 6.00. The maximum absolute atomic E-state index is 15.2. The van der Waals surface area contributed by atoms with E-state index in [0.717, 1.165) is 4.90 Å².